The molecule has 1 aromatic rings. The summed E-state index contributed by atoms with van der Waals surface area (Å²) in [6.45, 7) is 1.72. The summed E-state index contributed by atoms with van der Waals surface area (Å²) in [6, 6.07) is 7.80. The number of hydrogen-bond donors (Lipinski definition) is 2. The Morgan fingerprint density at radius 1 is 1.30 bits per heavy atom. The van der Waals surface area contributed by atoms with Crippen molar-refractivity contribution < 1.29 is 14.6 Å². The number of para-hydroxylation sites is 1. The van der Waals surface area contributed by atoms with Crippen LogP contribution in [0.15, 0.2) is 29.8 Å². The molecule has 0 radical (unpaired) electrons. The van der Waals surface area contributed by atoms with Gasteiger partial charge in [0.25, 0.3) is 0 Å². The van der Waals surface area contributed by atoms with Crippen molar-refractivity contribution in [2.75, 3.05) is 13.1 Å². The fourth-order valence-corrected chi connectivity index (χ4v) is 2.92. The Labute approximate surface area is 124 Å². The molecule has 20 heavy (non-hydrogen) atoms. The van der Waals surface area contributed by atoms with Gasteiger partial charge in [-0.15, -0.1) is 12.4 Å². The third kappa shape index (κ3) is 2.67. The molecular formula is C15H18ClNO3. The Morgan fingerprint density at radius 3 is 2.70 bits per heavy atom. The molecule has 1 saturated heterocycles. The van der Waals surface area contributed by atoms with Gasteiger partial charge in [0.05, 0.1) is 6.42 Å². The van der Waals surface area contributed by atoms with Crippen LogP contribution in [0.2, 0.25) is 0 Å². The molecule has 1 fully saturated rings. The summed E-state index contributed by atoms with van der Waals surface area (Å²) in [6.07, 6.45) is 3.69. The van der Waals surface area contributed by atoms with Crippen molar-refractivity contribution in [3.8, 4) is 5.75 Å². The van der Waals surface area contributed by atoms with Crippen molar-refractivity contribution in [3.05, 3.63) is 35.4 Å². The number of piperidine rings is 1. The second-order valence-electron chi connectivity index (χ2n) is 5.12. The predicted octanol–water partition coefficient (Wildman–Crippen LogP) is 2.48. The molecule has 2 aliphatic heterocycles. The molecular weight excluding hydrogens is 278 g/mol. The number of hydrogen-bond acceptors (Lipinski definition) is 3. The third-order valence-electron chi connectivity index (χ3n) is 3.89. The Bertz CT molecular complexity index is 536. The maximum atomic E-state index is 11.1. The molecule has 0 aromatic heterocycles. The molecule has 0 amide bonds. The maximum absolute atomic E-state index is 11.1. The number of ether oxygens (including phenoxy) is 1. The third-order valence-corrected chi connectivity index (χ3v) is 3.89. The molecule has 0 saturated carbocycles. The molecule has 1 aromatic carbocycles. The normalized spacial score (nSPS) is 19.3. The SMILES string of the molecule is Cl.O=C(O)CC1=Cc2ccccc2OC12CCNCC2. The summed E-state index contributed by atoms with van der Waals surface area (Å²) in [5, 5.41) is 12.4. The number of fused-ring (bicyclic) bond motifs is 1. The van der Waals surface area contributed by atoms with Crippen molar-refractivity contribution in [2.45, 2.75) is 24.9 Å². The molecule has 2 aliphatic rings. The molecule has 3 rings (SSSR count). The number of carbonyl (C=O) groups is 1. The van der Waals surface area contributed by atoms with Crippen LogP contribution < -0.4 is 10.1 Å². The van der Waals surface area contributed by atoms with Crippen LogP contribution in [0.5, 0.6) is 5.75 Å². The van der Waals surface area contributed by atoms with Crippen molar-refractivity contribution >= 4 is 24.5 Å². The molecule has 108 valence electrons. The fourth-order valence-electron chi connectivity index (χ4n) is 2.92. The monoisotopic (exact) mass is 295 g/mol. The first-order chi connectivity index (χ1) is 9.20. The summed E-state index contributed by atoms with van der Waals surface area (Å²) >= 11 is 0. The molecule has 5 heteroatoms. The Balaban J connectivity index is 0.00000147. The van der Waals surface area contributed by atoms with E-state index in [4.69, 9.17) is 9.84 Å². The van der Waals surface area contributed by atoms with Gasteiger partial charge in [-0.25, -0.2) is 0 Å². The van der Waals surface area contributed by atoms with E-state index in [1.165, 1.54) is 0 Å². The van der Waals surface area contributed by atoms with Gasteiger partial charge in [-0.2, -0.15) is 0 Å². The molecule has 0 unspecified atom stereocenters. The second kappa shape index (κ2) is 5.85. The zero-order valence-corrected chi connectivity index (χ0v) is 11.9. The Hall–Kier alpha value is -1.52. The van der Waals surface area contributed by atoms with Crippen LogP contribution in [0, 0.1) is 0 Å². The quantitative estimate of drug-likeness (QED) is 0.880. The van der Waals surface area contributed by atoms with Gasteiger partial charge in [0.1, 0.15) is 11.4 Å². The smallest absolute Gasteiger partial charge is 0.307 e. The lowest BCUT2D eigenvalue weighted by Gasteiger charge is -2.42. The molecule has 2 heterocycles. The highest BCUT2D eigenvalue weighted by atomic mass is 35.5. The van der Waals surface area contributed by atoms with Crippen LogP contribution in [0.4, 0.5) is 0 Å². The topological polar surface area (TPSA) is 58.6 Å². The number of carboxylic acids is 1. The van der Waals surface area contributed by atoms with Crippen LogP contribution in [-0.4, -0.2) is 29.8 Å². The summed E-state index contributed by atoms with van der Waals surface area (Å²) in [5.41, 5.74) is 1.43. The first kappa shape index (κ1) is 14.9. The van der Waals surface area contributed by atoms with E-state index in [0.717, 1.165) is 42.8 Å². The van der Waals surface area contributed by atoms with Crippen molar-refractivity contribution in [1.82, 2.24) is 5.32 Å². The highest BCUT2D eigenvalue weighted by molar-refractivity contribution is 5.85. The minimum Gasteiger partial charge on any atom is -0.482 e. The lowest BCUT2D eigenvalue weighted by molar-refractivity contribution is -0.136. The standard InChI is InChI=1S/C15H17NO3.ClH/c17-14(18)10-12-9-11-3-1-2-4-13(11)19-15(12)5-7-16-8-6-15;/h1-4,9,16H,5-8,10H2,(H,17,18);1H. The first-order valence-corrected chi connectivity index (χ1v) is 6.61. The van der Waals surface area contributed by atoms with E-state index in [1.807, 2.05) is 30.3 Å². The zero-order chi connectivity index (χ0) is 13.3. The van der Waals surface area contributed by atoms with Gasteiger partial charge in [0.2, 0.25) is 0 Å². The molecule has 0 atom stereocenters. The average molecular weight is 296 g/mol. The summed E-state index contributed by atoms with van der Waals surface area (Å²) in [7, 11) is 0. The largest absolute Gasteiger partial charge is 0.482 e. The lowest BCUT2D eigenvalue weighted by Crippen LogP contribution is -2.49. The molecule has 4 nitrogen and oxygen atoms in total. The van der Waals surface area contributed by atoms with Gasteiger partial charge >= 0.3 is 5.97 Å². The van der Waals surface area contributed by atoms with Gasteiger partial charge in [-0.05, 0) is 30.8 Å². The maximum Gasteiger partial charge on any atom is 0.307 e. The Morgan fingerprint density at radius 2 is 2.00 bits per heavy atom. The van der Waals surface area contributed by atoms with Crippen molar-refractivity contribution in [1.29, 1.82) is 0 Å². The second-order valence-corrected chi connectivity index (χ2v) is 5.12. The summed E-state index contributed by atoms with van der Waals surface area (Å²) in [4.78, 5) is 11.1. The first-order valence-electron chi connectivity index (χ1n) is 6.61. The minimum atomic E-state index is -0.799. The van der Waals surface area contributed by atoms with E-state index in [1.54, 1.807) is 0 Å². The van der Waals surface area contributed by atoms with Crippen molar-refractivity contribution in [3.63, 3.8) is 0 Å². The van der Waals surface area contributed by atoms with Gasteiger partial charge in [0, 0.05) is 18.4 Å². The predicted molar refractivity (Wildman–Crippen MR) is 79.4 cm³/mol. The van der Waals surface area contributed by atoms with E-state index in [0.29, 0.717) is 0 Å². The van der Waals surface area contributed by atoms with E-state index < -0.39 is 11.6 Å². The van der Waals surface area contributed by atoms with Gasteiger partial charge < -0.3 is 15.2 Å². The fraction of sp³-hybridized carbons (Fsp3) is 0.400. The highest BCUT2D eigenvalue weighted by Crippen LogP contribution is 2.41. The number of aliphatic carboxylic acids is 1. The molecule has 1 spiro atoms. The summed E-state index contributed by atoms with van der Waals surface area (Å²) in [5.74, 6) is 0.0608. The molecule has 2 N–H and O–H groups in total. The van der Waals surface area contributed by atoms with Crippen LogP contribution in [0.25, 0.3) is 6.08 Å². The lowest BCUT2D eigenvalue weighted by atomic mass is 9.80. The van der Waals surface area contributed by atoms with Crippen LogP contribution >= 0.6 is 12.4 Å². The minimum absolute atomic E-state index is 0. The van der Waals surface area contributed by atoms with Gasteiger partial charge in [-0.3, -0.25) is 4.79 Å². The van der Waals surface area contributed by atoms with E-state index in [9.17, 15) is 4.79 Å². The van der Waals surface area contributed by atoms with Gasteiger partial charge in [-0.1, -0.05) is 18.2 Å². The molecule has 0 aliphatic carbocycles. The van der Waals surface area contributed by atoms with E-state index in [2.05, 4.69) is 5.32 Å². The summed E-state index contributed by atoms with van der Waals surface area (Å²) < 4.78 is 6.20. The number of carboxylic acid groups (broad SMARTS) is 1. The number of rotatable bonds is 2. The van der Waals surface area contributed by atoms with E-state index >= 15 is 0 Å². The van der Waals surface area contributed by atoms with Gasteiger partial charge in [0.15, 0.2) is 0 Å². The van der Waals surface area contributed by atoms with Crippen LogP contribution in [0.1, 0.15) is 24.8 Å². The van der Waals surface area contributed by atoms with Crippen LogP contribution in [0.3, 0.4) is 0 Å². The molecule has 0 bridgehead atoms. The average Bonchev–Trinajstić information content (AvgIpc) is 2.40. The van der Waals surface area contributed by atoms with Crippen molar-refractivity contribution in [2.24, 2.45) is 0 Å². The van der Waals surface area contributed by atoms with E-state index in [-0.39, 0.29) is 18.8 Å². The zero-order valence-electron chi connectivity index (χ0n) is 11.1. The van der Waals surface area contributed by atoms with Crippen LogP contribution in [-0.2, 0) is 4.79 Å². The Kier molecular flexibility index (Phi) is 4.35. The number of benzene rings is 1. The number of halogens is 1. The number of nitrogens with one attached hydrogen (secondary N) is 1. The highest BCUT2D eigenvalue weighted by Gasteiger charge is 2.41.